The molecule has 0 aromatic rings. The van der Waals surface area contributed by atoms with Gasteiger partial charge in [-0.2, -0.15) is 0 Å². The Labute approximate surface area is 84.5 Å². The second kappa shape index (κ2) is 4.38. The van der Waals surface area contributed by atoms with Crippen molar-refractivity contribution in [1.29, 1.82) is 0 Å². The van der Waals surface area contributed by atoms with Crippen LogP contribution in [0.2, 0.25) is 0 Å². The third kappa shape index (κ3) is 1.89. The van der Waals surface area contributed by atoms with Gasteiger partial charge in [-0.15, -0.1) is 0 Å². The molecule has 0 N–H and O–H groups in total. The van der Waals surface area contributed by atoms with E-state index >= 15 is 0 Å². The van der Waals surface area contributed by atoms with Crippen molar-refractivity contribution in [2.45, 2.75) is 13.8 Å². The lowest BCUT2D eigenvalue weighted by Crippen LogP contribution is -2.14. The van der Waals surface area contributed by atoms with E-state index in [0.717, 1.165) is 11.6 Å². The zero-order valence-corrected chi connectivity index (χ0v) is 9.03. The van der Waals surface area contributed by atoms with Gasteiger partial charge in [-0.25, -0.2) is 0 Å². The lowest BCUT2D eigenvalue weighted by molar-refractivity contribution is 0.503. The van der Waals surface area contributed by atoms with Crippen LogP contribution in [0.1, 0.15) is 13.8 Å². The predicted molar refractivity (Wildman–Crippen MR) is 61.1 cm³/mol. The van der Waals surface area contributed by atoms with Crippen LogP contribution < -0.4 is 0 Å². The fourth-order valence-corrected chi connectivity index (χ4v) is 2.28. The minimum Gasteiger partial charge on any atom is -0.336 e. The van der Waals surface area contributed by atoms with Gasteiger partial charge >= 0.3 is 0 Å². The van der Waals surface area contributed by atoms with Crippen LogP contribution in [0.3, 0.4) is 0 Å². The summed E-state index contributed by atoms with van der Waals surface area (Å²) in [4.78, 5) is 3.40. The molecule has 0 amide bonds. The Morgan fingerprint density at radius 2 is 2.23 bits per heavy atom. The molecule has 1 aliphatic rings. The minimum absolute atomic E-state index is 0.961. The summed E-state index contributed by atoms with van der Waals surface area (Å²) < 4.78 is 0. The van der Waals surface area contributed by atoms with Crippen molar-refractivity contribution in [2.75, 3.05) is 6.54 Å². The zero-order valence-electron chi connectivity index (χ0n) is 8.21. The van der Waals surface area contributed by atoms with Crippen molar-refractivity contribution in [3.63, 3.8) is 0 Å². The SMILES string of the molecule is C=CC1=C(/C=C\C)N(CC)C(=C)S1. The molecule has 0 aliphatic carbocycles. The van der Waals surface area contributed by atoms with E-state index in [1.165, 1.54) is 10.6 Å². The molecule has 0 spiro atoms. The summed E-state index contributed by atoms with van der Waals surface area (Å²) in [7, 11) is 0. The van der Waals surface area contributed by atoms with Gasteiger partial charge in [0.2, 0.25) is 0 Å². The van der Waals surface area contributed by atoms with Crippen LogP contribution in [0.4, 0.5) is 0 Å². The first-order valence-electron chi connectivity index (χ1n) is 4.38. The first-order valence-corrected chi connectivity index (χ1v) is 5.20. The van der Waals surface area contributed by atoms with Crippen LogP contribution in [0.25, 0.3) is 0 Å². The van der Waals surface area contributed by atoms with E-state index in [9.17, 15) is 0 Å². The summed E-state index contributed by atoms with van der Waals surface area (Å²) in [6.45, 7) is 12.9. The number of hydrogen-bond acceptors (Lipinski definition) is 2. The van der Waals surface area contributed by atoms with Gasteiger partial charge in [0.25, 0.3) is 0 Å². The predicted octanol–water partition coefficient (Wildman–Crippen LogP) is 3.50. The molecule has 0 aromatic heterocycles. The first-order chi connectivity index (χ1) is 6.24. The molecule has 0 atom stereocenters. The third-order valence-electron chi connectivity index (χ3n) is 1.90. The van der Waals surface area contributed by atoms with Crippen molar-refractivity contribution in [2.24, 2.45) is 0 Å². The van der Waals surface area contributed by atoms with Gasteiger partial charge in [0.15, 0.2) is 0 Å². The number of rotatable bonds is 3. The quantitative estimate of drug-likeness (QED) is 0.675. The van der Waals surface area contributed by atoms with Gasteiger partial charge in [-0.3, -0.25) is 0 Å². The maximum atomic E-state index is 4.00. The molecule has 70 valence electrons. The highest BCUT2D eigenvalue weighted by atomic mass is 32.2. The third-order valence-corrected chi connectivity index (χ3v) is 2.95. The van der Waals surface area contributed by atoms with E-state index < -0.39 is 0 Å². The number of allylic oxidation sites excluding steroid dienone is 3. The maximum Gasteiger partial charge on any atom is 0.0728 e. The Bertz CT molecular complexity index is 286. The van der Waals surface area contributed by atoms with Gasteiger partial charge < -0.3 is 4.90 Å². The lowest BCUT2D eigenvalue weighted by Gasteiger charge is -2.17. The average molecular weight is 193 g/mol. The van der Waals surface area contributed by atoms with Gasteiger partial charge in [-0.05, 0) is 19.9 Å². The zero-order chi connectivity index (χ0) is 9.84. The largest absolute Gasteiger partial charge is 0.336 e. The summed E-state index contributed by atoms with van der Waals surface area (Å²) in [5, 5.41) is 1.09. The maximum absolute atomic E-state index is 4.00. The lowest BCUT2D eigenvalue weighted by atomic mass is 10.3. The van der Waals surface area contributed by atoms with Crippen LogP contribution in [0.5, 0.6) is 0 Å². The number of nitrogens with zero attached hydrogens (tertiary/aromatic N) is 1. The molecule has 13 heavy (non-hydrogen) atoms. The Morgan fingerprint density at radius 1 is 1.54 bits per heavy atom. The Balaban J connectivity index is 3.03. The molecule has 0 unspecified atom stereocenters. The Morgan fingerprint density at radius 3 is 2.69 bits per heavy atom. The van der Waals surface area contributed by atoms with Crippen molar-refractivity contribution >= 4 is 11.8 Å². The monoisotopic (exact) mass is 193 g/mol. The average Bonchev–Trinajstić information content (AvgIpc) is 2.43. The molecule has 0 saturated heterocycles. The van der Waals surface area contributed by atoms with Crippen LogP contribution in [-0.4, -0.2) is 11.4 Å². The highest BCUT2D eigenvalue weighted by Crippen LogP contribution is 2.40. The Hall–Kier alpha value is -0.890. The van der Waals surface area contributed by atoms with Gasteiger partial charge in [0.1, 0.15) is 0 Å². The highest BCUT2D eigenvalue weighted by molar-refractivity contribution is 8.07. The fourth-order valence-electron chi connectivity index (χ4n) is 1.32. The van der Waals surface area contributed by atoms with Crippen molar-refractivity contribution in [3.05, 3.63) is 47.0 Å². The molecule has 1 rings (SSSR count). The second-order valence-corrected chi connectivity index (χ2v) is 3.81. The molecule has 0 bridgehead atoms. The van der Waals surface area contributed by atoms with Gasteiger partial charge in [-0.1, -0.05) is 37.1 Å². The molecule has 2 heteroatoms. The van der Waals surface area contributed by atoms with E-state index in [-0.39, 0.29) is 0 Å². The molecular weight excluding hydrogens is 178 g/mol. The standard InChI is InChI=1S/C11H15NS/c1-5-8-10-11(6-2)13-9(4)12(10)7-3/h5-6,8H,2,4,7H2,1,3H3/b8-5-. The van der Waals surface area contributed by atoms with E-state index in [4.69, 9.17) is 0 Å². The van der Waals surface area contributed by atoms with E-state index in [0.29, 0.717) is 0 Å². The van der Waals surface area contributed by atoms with Crippen molar-refractivity contribution in [1.82, 2.24) is 4.90 Å². The smallest absolute Gasteiger partial charge is 0.0728 e. The second-order valence-electron chi connectivity index (χ2n) is 2.69. The fraction of sp³-hybridized carbons (Fsp3) is 0.273. The van der Waals surface area contributed by atoms with Crippen LogP contribution in [0.15, 0.2) is 47.0 Å². The first kappa shape index (κ1) is 10.2. The number of likely N-dealkylation sites (N-methyl/N-ethyl adjacent to an activating group) is 1. The van der Waals surface area contributed by atoms with Crippen LogP contribution >= 0.6 is 11.8 Å². The normalized spacial score (nSPS) is 17.7. The molecule has 0 aromatic carbocycles. The summed E-state index contributed by atoms with van der Waals surface area (Å²) in [6, 6.07) is 0. The molecule has 0 radical (unpaired) electrons. The topological polar surface area (TPSA) is 3.24 Å². The van der Waals surface area contributed by atoms with Gasteiger partial charge in [0.05, 0.1) is 10.7 Å². The van der Waals surface area contributed by atoms with Crippen molar-refractivity contribution in [3.8, 4) is 0 Å². The molecule has 1 nitrogen and oxygen atoms in total. The van der Waals surface area contributed by atoms with E-state index in [1.54, 1.807) is 11.8 Å². The summed E-state index contributed by atoms with van der Waals surface area (Å²) in [6.07, 6.45) is 6.03. The molecule has 0 fully saturated rings. The molecule has 1 aliphatic heterocycles. The highest BCUT2D eigenvalue weighted by Gasteiger charge is 2.21. The molecular formula is C11H15NS. The molecule has 1 heterocycles. The summed E-state index contributed by atoms with van der Waals surface area (Å²) in [5.41, 5.74) is 1.22. The number of hydrogen-bond donors (Lipinski definition) is 0. The van der Waals surface area contributed by atoms with Crippen LogP contribution in [-0.2, 0) is 0 Å². The minimum atomic E-state index is 0.961. The van der Waals surface area contributed by atoms with E-state index in [2.05, 4.69) is 31.1 Å². The van der Waals surface area contributed by atoms with Crippen LogP contribution in [0, 0.1) is 0 Å². The Kier molecular flexibility index (Phi) is 3.43. The summed E-state index contributed by atoms with van der Waals surface area (Å²) in [5.74, 6) is 0. The summed E-state index contributed by atoms with van der Waals surface area (Å²) >= 11 is 1.69. The van der Waals surface area contributed by atoms with Gasteiger partial charge in [0, 0.05) is 11.4 Å². The van der Waals surface area contributed by atoms with Crippen molar-refractivity contribution < 1.29 is 0 Å². The number of thioether (sulfide) groups is 1. The molecule has 0 saturated carbocycles. The van der Waals surface area contributed by atoms with E-state index in [1.807, 2.05) is 19.1 Å².